The van der Waals surface area contributed by atoms with Gasteiger partial charge < -0.3 is 9.80 Å². The number of hydrogen-bond acceptors (Lipinski definition) is 7. The monoisotopic (exact) mass is 448 g/mol. The zero-order chi connectivity index (χ0) is 19.0. The lowest BCUT2D eigenvalue weighted by molar-refractivity contribution is 0.630. The van der Waals surface area contributed by atoms with E-state index in [0.29, 0.717) is 10.6 Å². The van der Waals surface area contributed by atoms with Gasteiger partial charge in [-0.15, -0.1) is 10.2 Å². The maximum atomic E-state index is 14.1. The minimum Gasteiger partial charge on any atom is -0.353 e. The minimum atomic E-state index is -0.291. The van der Waals surface area contributed by atoms with Crippen LogP contribution in [-0.2, 0) is 0 Å². The van der Waals surface area contributed by atoms with Crippen LogP contribution in [-0.4, -0.2) is 46.3 Å². The van der Waals surface area contributed by atoms with Crippen molar-refractivity contribution in [2.75, 3.05) is 36.0 Å². The first-order chi connectivity index (χ1) is 13.0. The summed E-state index contributed by atoms with van der Waals surface area (Å²) in [5, 5.41) is 9.89. The predicted octanol–water partition coefficient (Wildman–Crippen LogP) is 3.84. The third-order valence-corrected chi connectivity index (χ3v) is 5.91. The summed E-state index contributed by atoms with van der Waals surface area (Å²) in [6, 6.07) is 6.86. The first kappa shape index (κ1) is 18.2. The van der Waals surface area contributed by atoms with Crippen molar-refractivity contribution in [3.05, 3.63) is 46.1 Å². The van der Waals surface area contributed by atoms with Crippen LogP contribution in [0.3, 0.4) is 0 Å². The largest absolute Gasteiger partial charge is 0.353 e. The van der Waals surface area contributed by atoms with Crippen LogP contribution in [0, 0.1) is 19.7 Å². The van der Waals surface area contributed by atoms with E-state index >= 15 is 0 Å². The van der Waals surface area contributed by atoms with Crippen molar-refractivity contribution >= 4 is 38.2 Å². The van der Waals surface area contributed by atoms with Gasteiger partial charge in [-0.2, -0.15) is 0 Å². The molecular formula is C18H18BrFN6S. The maximum absolute atomic E-state index is 14.1. The van der Waals surface area contributed by atoms with Crippen molar-refractivity contribution < 1.29 is 4.39 Å². The number of benzene rings is 1. The van der Waals surface area contributed by atoms with Crippen molar-refractivity contribution in [2.45, 2.75) is 13.8 Å². The highest BCUT2D eigenvalue weighted by atomic mass is 79.9. The molecule has 0 radical (unpaired) electrons. The normalized spacial score (nSPS) is 14.7. The summed E-state index contributed by atoms with van der Waals surface area (Å²) in [7, 11) is 0. The zero-order valence-corrected chi connectivity index (χ0v) is 17.4. The predicted molar refractivity (Wildman–Crippen MR) is 109 cm³/mol. The molecule has 27 heavy (non-hydrogen) atoms. The molecule has 0 spiro atoms. The first-order valence-electron chi connectivity index (χ1n) is 8.61. The molecule has 0 amide bonds. The van der Waals surface area contributed by atoms with Gasteiger partial charge in [-0.05, 0) is 32.0 Å². The van der Waals surface area contributed by atoms with Gasteiger partial charge in [-0.1, -0.05) is 27.3 Å². The summed E-state index contributed by atoms with van der Waals surface area (Å²) < 4.78 is 14.9. The molecule has 140 valence electrons. The molecule has 0 atom stereocenters. The molecule has 1 saturated heterocycles. The molecule has 0 unspecified atom stereocenters. The fourth-order valence-corrected chi connectivity index (χ4v) is 4.38. The Kier molecular flexibility index (Phi) is 5.05. The number of piperazine rings is 1. The van der Waals surface area contributed by atoms with E-state index in [1.54, 1.807) is 12.1 Å². The van der Waals surface area contributed by atoms with Crippen molar-refractivity contribution in [2.24, 2.45) is 0 Å². The lowest BCUT2D eigenvalue weighted by atomic mass is 10.2. The Hall–Kier alpha value is -2.13. The van der Waals surface area contributed by atoms with E-state index < -0.39 is 0 Å². The van der Waals surface area contributed by atoms with Crippen molar-refractivity contribution in [3.63, 3.8) is 0 Å². The third-order valence-electron chi connectivity index (χ3n) is 4.40. The SMILES string of the molecule is Cc1cc(N2CCN(c3nnc(-c4cc(Br)ccc4F)s3)CC2)nc(C)n1. The van der Waals surface area contributed by atoms with Crippen LogP contribution in [0.4, 0.5) is 15.3 Å². The average Bonchev–Trinajstić information content (AvgIpc) is 3.13. The quantitative estimate of drug-likeness (QED) is 0.606. The van der Waals surface area contributed by atoms with Crippen molar-refractivity contribution in [1.82, 2.24) is 20.2 Å². The Morgan fingerprint density at radius 2 is 1.74 bits per heavy atom. The standard InChI is InChI=1S/C18H18BrFN6S/c1-11-9-16(22-12(2)21-11)25-5-7-26(8-6-25)18-24-23-17(27-18)14-10-13(19)3-4-15(14)20/h3-4,9-10H,5-8H2,1-2H3. The Balaban J connectivity index is 1.47. The van der Waals surface area contributed by atoms with E-state index in [-0.39, 0.29) is 5.82 Å². The van der Waals surface area contributed by atoms with Crippen LogP contribution in [0.2, 0.25) is 0 Å². The Morgan fingerprint density at radius 3 is 2.48 bits per heavy atom. The van der Waals surface area contributed by atoms with Crippen LogP contribution in [0.25, 0.3) is 10.6 Å². The maximum Gasteiger partial charge on any atom is 0.208 e. The van der Waals surface area contributed by atoms with Crippen LogP contribution in [0.5, 0.6) is 0 Å². The first-order valence-corrected chi connectivity index (χ1v) is 10.2. The Labute approximate surface area is 169 Å². The van der Waals surface area contributed by atoms with Crippen molar-refractivity contribution in [3.8, 4) is 10.6 Å². The van der Waals surface area contributed by atoms with E-state index in [1.165, 1.54) is 17.4 Å². The molecule has 9 heteroatoms. The number of rotatable bonds is 3. The Morgan fingerprint density at radius 1 is 1.00 bits per heavy atom. The molecule has 0 saturated carbocycles. The molecule has 3 heterocycles. The highest BCUT2D eigenvalue weighted by molar-refractivity contribution is 9.10. The molecule has 0 N–H and O–H groups in total. The van der Waals surface area contributed by atoms with Crippen LogP contribution in [0.15, 0.2) is 28.7 Å². The van der Waals surface area contributed by atoms with E-state index in [0.717, 1.165) is 53.1 Å². The van der Waals surface area contributed by atoms with Gasteiger partial charge in [-0.25, -0.2) is 14.4 Å². The zero-order valence-electron chi connectivity index (χ0n) is 15.0. The second-order valence-electron chi connectivity index (χ2n) is 6.40. The van der Waals surface area contributed by atoms with Crippen LogP contribution < -0.4 is 9.80 Å². The summed E-state index contributed by atoms with van der Waals surface area (Å²) in [6.07, 6.45) is 0. The highest BCUT2D eigenvalue weighted by Crippen LogP contribution is 2.32. The van der Waals surface area contributed by atoms with Gasteiger partial charge in [0.2, 0.25) is 5.13 Å². The molecule has 2 aromatic heterocycles. The molecule has 1 aliphatic rings. The van der Waals surface area contributed by atoms with Crippen molar-refractivity contribution in [1.29, 1.82) is 0 Å². The number of hydrogen-bond donors (Lipinski definition) is 0. The molecular weight excluding hydrogens is 431 g/mol. The van der Waals surface area contributed by atoms with Gasteiger partial charge in [-0.3, -0.25) is 0 Å². The number of aromatic nitrogens is 4. The minimum absolute atomic E-state index is 0.291. The summed E-state index contributed by atoms with van der Waals surface area (Å²) in [6.45, 7) is 7.22. The second-order valence-corrected chi connectivity index (χ2v) is 8.27. The van der Waals surface area contributed by atoms with Gasteiger partial charge >= 0.3 is 0 Å². The number of halogens is 2. The fraction of sp³-hybridized carbons (Fsp3) is 0.333. The smallest absolute Gasteiger partial charge is 0.208 e. The van der Waals surface area contributed by atoms with E-state index in [4.69, 9.17) is 0 Å². The summed E-state index contributed by atoms with van der Waals surface area (Å²) in [5.74, 6) is 1.46. The Bertz CT molecular complexity index is 950. The molecule has 1 fully saturated rings. The molecule has 4 rings (SSSR count). The lowest BCUT2D eigenvalue weighted by Crippen LogP contribution is -2.47. The van der Waals surface area contributed by atoms with E-state index in [1.807, 2.05) is 19.9 Å². The molecule has 0 aliphatic carbocycles. The van der Waals surface area contributed by atoms with E-state index in [2.05, 4.69) is 45.9 Å². The van der Waals surface area contributed by atoms with Crippen LogP contribution >= 0.6 is 27.3 Å². The van der Waals surface area contributed by atoms with Crippen LogP contribution in [0.1, 0.15) is 11.5 Å². The fourth-order valence-electron chi connectivity index (χ4n) is 3.10. The number of anilines is 2. The molecule has 1 aliphatic heterocycles. The van der Waals surface area contributed by atoms with E-state index in [9.17, 15) is 4.39 Å². The molecule has 0 bridgehead atoms. The van der Waals surface area contributed by atoms with Gasteiger partial charge in [0.25, 0.3) is 0 Å². The number of aryl methyl sites for hydroxylation is 2. The second kappa shape index (κ2) is 7.47. The summed E-state index contributed by atoms with van der Waals surface area (Å²) in [4.78, 5) is 13.3. The lowest BCUT2D eigenvalue weighted by Gasteiger charge is -2.35. The highest BCUT2D eigenvalue weighted by Gasteiger charge is 2.22. The topological polar surface area (TPSA) is 58.0 Å². The average molecular weight is 449 g/mol. The van der Waals surface area contributed by atoms with Gasteiger partial charge in [0.05, 0.1) is 0 Å². The van der Waals surface area contributed by atoms with Gasteiger partial charge in [0, 0.05) is 48.0 Å². The molecule has 6 nitrogen and oxygen atoms in total. The van der Waals surface area contributed by atoms with Gasteiger partial charge in [0.15, 0.2) is 5.01 Å². The summed E-state index contributed by atoms with van der Waals surface area (Å²) >= 11 is 4.80. The third kappa shape index (κ3) is 3.93. The van der Waals surface area contributed by atoms with Gasteiger partial charge in [0.1, 0.15) is 17.5 Å². The molecule has 1 aromatic carbocycles. The summed E-state index contributed by atoms with van der Waals surface area (Å²) in [5.41, 5.74) is 1.45. The number of nitrogens with zero attached hydrogens (tertiary/aromatic N) is 6. The molecule has 3 aromatic rings.